The summed E-state index contributed by atoms with van der Waals surface area (Å²) in [5.74, 6) is 1.36. The molecule has 8 heteroatoms. The van der Waals surface area contributed by atoms with E-state index in [1.165, 1.54) is 24.8 Å². The Morgan fingerprint density at radius 3 is 2.68 bits per heavy atom. The van der Waals surface area contributed by atoms with Crippen LogP contribution in [0.4, 0.5) is 11.5 Å². The second-order valence-corrected chi connectivity index (χ2v) is 11.2. The Morgan fingerprint density at radius 1 is 1.03 bits per heavy atom. The van der Waals surface area contributed by atoms with Gasteiger partial charge in [-0.05, 0) is 57.1 Å². The third-order valence-corrected chi connectivity index (χ3v) is 8.78. The predicted octanol–water partition coefficient (Wildman–Crippen LogP) is 3.31. The van der Waals surface area contributed by atoms with Crippen LogP contribution in [0.25, 0.3) is 10.8 Å². The Morgan fingerprint density at radius 2 is 1.86 bits per heavy atom. The Hall–Kier alpha value is -3.10. The van der Waals surface area contributed by atoms with Gasteiger partial charge in [0.1, 0.15) is 18.2 Å². The fourth-order valence-electron chi connectivity index (χ4n) is 6.79. The molecule has 8 nitrogen and oxygen atoms in total. The van der Waals surface area contributed by atoms with Crippen molar-refractivity contribution >= 4 is 22.3 Å². The van der Waals surface area contributed by atoms with Gasteiger partial charge in [0.2, 0.25) is 0 Å². The molecule has 5 heterocycles. The predicted molar refractivity (Wildman–Crippen MR) is 146 cm³/mol. The lowest BCUT2D eigenvalue weighted by Gasteiger charge is -2.37. The number of ether oxygens (including phenoxy) is 1. The van der Waals surface area contributed by atoms with Gasteiger partial charge in [0.05, 0.1) is 12.2 Å². The second kappa shape index (κ2) is 9.33. The summed E-state index contributed by atoms with van der Waals surface area (Å²) in [6.07, 6.45) is 5.74. The molecule has 2 aromatic carbocycles. The SMILES string of the molecule is CN1CCCC1COc1nc2c(c(N3C[C@H]4CC[C@@H](C3)N4)n1)CCN(c1cc(O)cc3ccccc13)C2. The van der Waals surface area contributed by atoms with Crippen LogP contribution in [0.3, 0.4) is 0 Å². The zero-order valence-electron chi connectivity index (χ0n) is 21.6. The van der Waals surface area contributed by atoms with E-state index >= 15 is 0 Å². The van der Waals surface area contributed by atoms with Crippen LogP contribution in [-0.2, 0) is 13.0 Å². The number of benzene rings is 2. The lowest BCUT2D eigenvalue weighted by atomic mass is 10.0. The summed E-state index contributed by atoms with van der Waals surface area (Å²) in [4.78, 5) is 17.2. The largest absolute Gasteiger partial charge is 0.508 e. The van der Waals surface area contributed by atoms with Gasteiger partial charge < -0.3 is 29.9 Å². The number of nitrogens with zero attached hydrogens (tertiary/aromatic N) is 5. The lowest BCUT2D eigenvalue weighted by molar-refractivity contribution is 0.187. The Balaban J connectivity index is 1.23. The highest BCUT2D eigenvalue weighted by Crippen LogP contribution is 2.37. The van der Waals surface area contributed by atoms with E-state index in [-0.39, 0.29) is 0 Å². The minimum absolute atomic E-state index is 0.295. The molecule has 3 fully saturated rings. The van der Waals surface area contributed by atoms with Crippen molar-refractivity contribution in [2.75, 3.05) is 49.6 Å². The molecule has 3 aromatic rings. The van der Waals surface area contributed by atoms with Crippen molar-refractivity contribution in [2.45, 2.75) is 56.8 Å². The summed E-state index contributed by atoms with van der Waals surface area (Å²) in [5.41, 5.74) is 3.35. The first-order chi connectivity index (χ1) is 18.1. The van der Waals surface area contributed by atoms with Gasteiger partial charge in [0.15, 0.2) is 0 Å². The molecule has 2 N–H and O–H groups in total. The molecule has 1 unspecified atom stereocenters. The van der Waals surface area contributed by atoms with Gasteiger partial charge in [-0.1, -0.05) is 24.3 Å². The van der Waals surface area contributed by atoms with Gasteiger partial charge in [0, 0.05) is 60.5 Å². The van der Waals surface area contributed by atoms with E-state index in [2.05, 4.69) is 45.3 Å². The number of piperazine rings is 1. The average Bonchev–Trinajstić information content (AvgIpc) is 3.49. The maximum Gasteiger partial charge on any atom is 0.318 e. The van der Waals surface area contributed by atoms with Crippen LogP contribution in [0.1, 0.15) is 36.9 Å². The summed E-state index contributed by atoms with van der Waals surface area (Å²) >= 11 is 0. The highest BCUT2D eigenvalue weighted by Gasteiger charge is 2.35. The van der Waals surface area contributed by atoms with E-state index in [1.54, 1.807) is 0 Å². The van der Waals surface area contributed by atoms with Crippen LogP contribution < -0.4 is 19.9 Å². The molecule has 3 atom stereocenters. The van der Waals surface area contributed by atoms with Crippen LogP contribution in [0.5, 0.6) is 11.8 Å². The first kappa shape index (κ1) is 23.0. The number of phenols is 1. The number of aromatic nitrogens is 2. The van der Waals surface area contributed by atoms with Crippen LogP contribution in [0.2, 0.25) is 0 Å². The molecule has 194 valence electrons. The van der Waals surface area contributed by atoms with Gasteiger partial charge in [-0.3, -0.25) is 0 Å². The molecule has 37 heavy (non-hydrogen) atoms. The molecular formula is C29H36N6O2. The maximum atomic E-state index is 10.5. The van der Waals surface area contributed by atoms with E-state index in [0.29, 0.717) is 43.0 Å². The fourth-order valence-corrected chi connectivity index (χ4v) is 6.79. The van der Waals surface area contributed by atoms with Crippen LogP contribution in [0, 0.1) is 0 Å². The van der Waals surface area contributed by atoms with E-state index in [9.17, 15) is 5.11 Å². The molecule has 3 saturated heterocycles. The normalized spacial score (nSPS) is 25.6. The topological polar surface area (TPSA) is 77.0 Å². The van der Waals surface area contributed by atoms with Gasteiger partial charge in [0.25, 0.3) is 0 Å². The third-order valence-electron chi connectivity index (χ3n) is 8.78. The molecule has 1 aromatic heterocycles. The van der Waals surface area contributed by atoms with Crippen molar-refractivity contribution in [2.24, 2.45) is 0 Å². The number of likely N-dealkylation sites (tertiary alicyclic amines) is 1. The van der Waals surface area contributed by atoms with Crippen molar-refractivity contribution < 1.29 is 9.84 Å². The number of aromatic hydroxyl groups is 1. The highest BCUT2D eigenvalue weighted by molar-refractivity contribution is 5.95. The molecule has 0 aliphatic carbocycles. The summed E-state index contributed by atoms with van der Waals surface area (Å²) in [6.45, 7) is 5.28. The van der Waals surface area contributed by atoms with Crippen molar-refractivity contribution in [3.63, 3.8) is 0 Å². The zero-order chi connectivity index (χ0) is 24.9. The summed E-state index contributed by atoms with van der Waals surface area (Å²) in [6, 6.07) is 14.0. The summed E-state index contributed by atoms with van der Waals surface area (Å²) in [7, 11) is 2.17. The third kappa shape index (κ3) is 4.36. The number of hydrogen-bond acceptors (Lipinski definition) is 8. The standard InChI is InChI=1S/C29H36N6O2/c1-33-11-4-6-22(33)18-37-29-31-26-17-34(27-14-23(36)13-19-5-2-3-7-24(19)27)12-10-25(26)28(32-29)35-15-20-8-9-21(16-35)30-20/h2-3,5,7,13-14,20-22,30,36H,4,6,8-12,15-18H2,1H3/t20-,21+,22?. The summed E-state index contributed by atoms with van der Waals surface area (Å²) < 4.78 is 6.29. The van der Waals surface area contributed by atoms with E-state index in [0.717, 1.165) is 67.0 Å². The van der Waals surface area contributed by atoms with Gasteiger partial charge in [-0.2, -0.15) is 9.97 Å². The van der Waals surface area contributed by atoms with Crippen LogP contribution >= 0.6 is 0 Å². The molecule has 4 aliphatic rings. The van der Waals surface area contributed by atoms with Crippen molar-refractivity contribution in [3.8, 4) is 11.8 Å². The Labute approximate surface area is 218 Å². The highest BCUT2D eigenvalue weighted by atomic mass is 16.5. The van der Waals surface area contributed by atoms with Crippen LogP contribution in [-0.4, -0.2) is 77.9 Å². The second-order valence-electron chi connectivity index (χ2n) is 11.2. The van der Waals surface area contributed by atoms with Crippen molar-refractivity contribution in [3.05, 3.63) is 47.7 Å². The lowest BCUT2D eigenvalue weighted by Crippen LogP contribution is -2.52. The number of rotatable bonds is 5. The Bertz CT molecular complexity index is 1300. The number of nitrogens with one attached hydrogen (secondary N) is 1. The smallest absolute Gasteiger partial charge is 0.318 e. The minimum Gasteiger partial charge on any atom is -0.508 e. The molecule has 4 aliphatic heterocycles. The molecule has 0 amide bonds. The van der Waals surface area contributed by atoms with Gasteiger partial charge >= 0.3 is 6.01 Å². The molecule has 0 radical (unpaired) electrons. The van der Waals surface area contributed by atoms with E-state index in [4.69, 9.17) is 14.7 Å². The van der Waals surface area contributed by atoms with Crippen molar-refractivity contribution in [1.82, 2.24) is 20.2 Å². The number of phenolic OH excluding ortho intramolecular Hbond substituents is 1. The molecule has 0 saturated carbocycles. The van der Waals surface area contributed by atoms with Crippen molar-refractivity contribution in [1.29, 1.82) is 0 Å². The average molecular weight is 501 g/mol. The number of anilines is 2. The minimum atomic E-state index is 0.295. The Kier molecular flexibility index (Phi) is 5.81. The fraction of sp³-hybridized carbons (Fsp3) is 0.517. The molecular weight excluding hydrogens is 464 g/mol. The summed E-state index contributed by atoms with van der Waals surface area (Å²) in [5, 5.41) is 16.4. The van der Waals surface area contributed by atoms with E-state index in [1.807, 2.05) is 18.2 Å². The van der Waals surface area contributed by atoms with Gasteiger partial charge in [-0.25, -0.2) is 0 Å². The molecule has 7 rings (SSSR count). The monoisotopic (exact) mass is 500 g/mol. The van der Waals surface area contributed by atoms with E-state index < -0.39 is 0 Å². The van der Waals surface area contributed by atoms with Gasteiger partial charge in [-0.15, -0.1) is 0 Å². The zero-order valence-corrected chi connectivity index (χ0v) is 21.6. The number of hydrogen-bond donors (Lipinski definition) is 2. The number of fused-ring (bicyclic) bond motifs is 4. The molecule has 0 spiro atoms. The first-order valence-electron chi connectivity index (χ1n) is 13.8. The molecule has 2 bridgehead atoms. The maximum absolute atomic E-state index is 10.5. The first-order valence-corrected chi connectivity index (χ1v) is 13.8. The number of likely N-dealkylation sites (N-methyl/N-ethyl adjacent to an activating group) is 1. The quantitative estimate of drug-likeness (QED) is 0.553. The van der Waals surface area contributed by atoms with Crippen LogP contribution in [0.15, 0.2) is 36.4 Å².